The minimum atomic E-state index is -0.414. The van der Waals surface area contributed by atoms with Crippen LogP contribution in [0.3, 0.4) is 0 Å². The second-order valence-corrected chi connectivity index (χ2v) is 6.03. The largest absolute Gasteiger partial charge is 0.488 e. The molecule has 1 aromatic heterocycles. The topological polar surface area (TPSA) is 40.5 Å². The van der Waals surface area contributed by atoms with Crippen molar-refractivity contribution in [1.29, 1.82) is 0 Å². The zero-order valence-electron chi connectivity index (χ0n) is 14.4. The number of hydrogen-bond donors (Lipinski definition) is 0. The first-order valence-corrected chi connectivity index (χ1v) is 7.98. The number of para-hydroxylation sites is 1. The Kier molecular flexibility index (Phi) is 4.30. The first kappa shape index (κ1) is 16.1. The second-order valence-electron chi connectivity index (χ2n) is 6.03. The maximum absolute atomic E-state index is 12.5. The van der Waals surface area contributed by atoms with Crippen molar-refractivity contribution < 1.29 is 14.3 Å². The Balaban J connectivity index is 2.42. The van der Waals surface area contributed by atoms with E-state index in [1.165, 1.54) is 7.11 Å². The highest BCUT2D eigenvalue weighted by Crippen LogP contribution is 2.37. The molecule has 0 N–H and O–H groups in total. The van der Waals surface area contributed by atoms with Crippen molar-refractivity contribution in [1.82, 2.24) is 4.57 Å². The predicted octanol–water partition coefficient (Wildman–Crippen LogP) is 4.51. The van der Waals surface area contributed by atoms with E-state index in [1.807, 2.05) is 73.9 Å². The van der Waals surface area contributed by atoms with Gasteiger partial charge in [-0.05, 0) is 45.0 Å². The van der Waals surface area contributed by atoms with E-state index >= 15 is 0 Å². The number of nitrogens with zero attached hydrogens (tertiary/aromatic N) is 1. The molecule has 0 saturated heterocycles. The summed E-state index contributed by atoms with van der Waals surface area (Å²) in [5.74, 6) is 0.155. The Hall–Kier alpha value is -2.75. The number of aryl methyl sites for hydroxylation is 1. The van der Waals surface area contributed by atoms with Crippen LogP contribution in [-0.4, -0.2) is 23.8 Å². The average molecular weight is 323 g/mol. The fraction of sp³-hybridized carbons (Fsp3) is 0.250. The Morgan fingerprint density at radius 1 is 1.08 bits per heavy atom. The number of methoxy groups -OCH3 is 1. The number of aromatic nitrogens is 1. The van der Waals surface area contributed by atoms with Gasteiger partial charge in [0.25, 0.3) is 0 Å². The van der Waals surface area contributed by atoms with E-state index in [9.17, 15) is 4.79 Å². The number of benzene rings is 2. The molecule has 4 nitrogen and oxygen atoms in total. The second kappa shape index (κ2) is 6.40. The zero-order valence-corrected chi connectivity index (χ0v) is 14.4. The molecular weight excluding hydrogens is 302 g/mol. The molecule has 24 heavy (non-hydrogen) atoms. The molecule has 0 bridgehead atoms. The zero-order chi connectivity index (χ0) is 17.3. The Labute approximate surface area is 141 Å². The molecule has 2 aromatic carbocycles. The molecular formula is C20H21NO3. The molecule has 0 fully saturated rings. The van der Waals surface area contributed by atoms with Crippen molar-refractivity contribution in [3.8, 4) is 11.4 Å². The van der Waals surface area contributed by atoms with Crippen molar-refractivity contribution in [2.45, 2.75) is 26.9 Å². The molecule has 3 rings (SSSR count). The average Bonchev–Trinajstić information content (AvgIpc) is 2.88. The van der Waals surface area contributed by atoms with Gasteiger partial charge >= 0.3 is 5.97 Å². The number of rotatable bonds is 4. The lowest BCUT2D eigenvalue weighted by Crippen LogP contribution is -2.13. The minimum Gasteiger partial charge on any atom is -0.488 e. The number of hydrogen-bond acceptors (Lipinski definition) is 3. The van der Waals surface area contributed by atoms with E-state index < -0.39 is 5.97 Å². The van der Waals surface area contributed by atoms with Gasteiger partial charge in [-0.2, -0.15) is 0 Å². The van der Waals surface area contributed by atoms with Crippen LogP contribution in [0.1, 0.15) is 29.9 Å². The highest BCUT2D eigenvalue weighted by atomic mass is 16.5. The van der Waals surface area contributed by atoms with Gasteiger partial charge in [0.15, 0.2) is 11.4 Å². The summed E-state index contributed by atoms with van der Waals surface area (Å²) in [4.78, 5) is 12.5. The Morgan fingerprint density at radius 3 is 2.42 bits per heavy atom. The summed E-state index contributed by atoms with van der Waals surface area (Å²) in [6.07, 6.45) is -0.0521. The number of ether oxygens (including phenoxy) is 2. The Morgan fingerprint density at radius 2 is 1.79 bits per heavy atom. The van der Waals surface area contributed by atoms with Gasteiger partial charge in [-0.15, -0.1) is 0 Å². The lowest BCUT2D eigenvalue weighted by Gasteiger charge is -2.12. The van der Waals surface area contributed by atoms with Crippen molar-refractivity contribution in [2.24, 2.45) is 0 Å². The standard InChI is InChI=1S/C20H21NO3/c1-13(2)24-19-16-12-14(3)10-11-17(16)21(18(19)20(22)23-4)15-8-6-5-7-9-15/h5-13H,1-4H3. The van der Waals surface area contributed by atoms with Crippen LogP contribution in [0.5, 0.6) is 5.75 Å². The summed E-state index contributed by atoms with van der Waals surface area (Å²) in [5, 5.41) is 0.910. The first-order chi connectivity index (χ1) is 11.5. The summed E-state index contributed by atoms with van der Waals surface area (Å²) in [6, 6.07) is 15.8. The molecule has 0 unspecified atom stereocenters. The van der Waals surface area contributed by atoms with Crippen LogP contribution in [0.4, 0.5) is 0 Å². The van der Waals surface area contributed by atoms with Crippen LogP contribution in [0.25, 0.3) is 16.6 Å². The highest BCUT2D eigenvalue weighted by molar-refractivity contribution is 6.03. The molecule has 1 heterocycles. The molecule has 0 aliphatic heterocycles. The summed E-state index contributed by atoms with van der Waals surface area (Å²) < 4.78 is 13.0. The fourth-order valence-electron chi connectivity index (χ4n) is 2.86. The quantitative estimate of drug-likeness (QED) is 0.663. The molecule has 3 aromatic rings. The van der Waals surface area contributed by atoms with Crippen LogP contribution < -0.4 is 4.74 Å². The van der Waals surface area contributed by atoms with Gasteiger partial charge in [-0.3, -0.25) is 0 Å². The third-order valence-electron chi connectivity index (χ3n) is 3.82. The third-order valence-corrected chi connectivity index (χ3v) is 3.82. The lowest BCUT2D eigenvalue weighted by molar-refractivity contribution is 0.0585. The summed E-state index contributed by atoms with van der Waals surface area (Å²) >= 11 is 0. The van der Waals surface area contributed by atoms with Gasteiger partial charge in [0.05, 0.1) is 18.7 Å². The monoisotopic (exact) mass is 323 g/mol. The van der Waals surface area contributed by atoms with E-state index in [2.05, 4.69) is 0 Å². The van der Waals surface area contributed by atoms with Crippen molar-refractivity contribution >= 4 is 16.9 Å². The lowest BCUT2D eigenvalue weighted by atomic mass is 10.1. The van der Waals surface area contributed by atoms with Crippen LogP contribution in [-0.2, 0) is 4.74 Å². The third kappa shape index (κ3) is 2.75. The van der Waals surface area contributed by atoms with Crippen LogP contribution in [0.15, 0.2) is 48.5 Å². The fourth-order valence-corrected chi connectivity index (χ4v) is 2.86. The van der Waals surface area contributed by atoms with Gasteiger partial charge in [0, 0.05) is 11.1 Å². The van der Waals surface area contributed by atoms with Crippen molar-refractivity contribution in [3.63, 3.8) is 0 Å². The summed E-state index contributed by atoms with van der Waals surface area (Å²) in [5.41, 5.74) is 3.34. The summed E-state index contributed by atoms with van der Waals surface area (Å²) in [6.45, 7) is 5.92. The SMILES string of the molecule is COC(=O)c1c(OC(C)C)c2cc(C)ccc2n1-c1ccccc1. The van der Waals surface area contributed by atoms with E-state index in [0.29, 0.717) is 11.4 Å². The molecule has 0 atom stereocenters. The summed E-state index contributed by atoms with van der Waals surface area (Å²) in [7, 11) is 1.39. The van der Waals surface area contributed by atoms with Gasteiger partial charge in [0.1, 0.15) is 0 Å². The van der Waals surface area contributed by atoms with Crippen LogP contribution in [0, 0.1) is 6.92 Å². The van der Waals surface area contributed by atoms with Gasteiger partial charge in [-0.25, -0.2) is 4.79 Å². The van der Waals surface area contributed by atoms with E-state index in [4.69, 9.17) is 9.47 Å². The van der Waals surface area contributed by atoms with Crippen LogP contribution >= 0.6 is 0 Å². The molecule has 0 radical (unpaired) electrons. The van der Waals surface area contributed by atoms with Crippen molar-refractivity contribution in [3.05, 3.63) is 59.8 Å². The molecule has 0 saturated carbocycles. The predicted molar refractivity (Wildman–Crippen MR) is 95.1 cm³/mol. The van der Waals surface area contributed by atoms with E-state index in [-0.39, 0.29) is 6.10 Å². The van der Waals surface area contributed by atoms with Gasteiger partial charge in [-0.1, -0.05) is 29.8 Å². The van der Waals surface area contributed by atoms with Gasteiger partial charge in [0.2, 0.25) is 0 Å². The number of fused-ring (bicyclic) bond motifs is 1. The first-order valence-electron chi connectivity index (χ1n) is 7.98. The molecule has 0 aliphatic rings. The van der Waals surface area contributed by atoms with Gasteiger partial charge < -0.3 is 14.0 Å². The molecule has 4 heteroatoms. The van der Waals surface area contributed by atoms with Crippen LogP contribution in [0.2, 0.25) is 0 Å². The molecule has 0 aliphatic carbocycles. The molecule has 0 amide bonds. The number of carbonyl (C=O) groups excluding carboxylic acids is 1. The maximum Gasteiger partial charge on any atom is 0.358 e. The molecule has 124 valence electrons. The highest BCUT2D eigenvalue weighted by Gasteiger charge is 2.26. The Bertz CT molecular complexity index is 879. The number of esters is 1. The van der Waals surface area contributed by atoms with E-state index in [0.717, 1.165) is 22.2 Å². The normalized spacial score (nSPS) is 11.0. The smallest absolute Gasteiger partial charge is 0.358 e. The maximum atomic E-state index is 12.5. The van der Waals surface area contributed by atoms with E-state index in [1.54, 1.807) is 0 Å². The van der Waals surface area contributed by atoms with Crippen molar-refractivity contribution in [2.75, 3.05) is 7.11 Å². The minimum absolute atomic E-state index is 0.0521. The number of carbonyl (C=O) groups is 1. The molecule has 0 spiro atoms.